The summed E-state index contributed by atoms with van der Waals surface area (Å²) in [6, 6.07) is 9.97. The number of hydrogen-bond acceptors (Lipinski definition) is 1. The fourth-order valence-corrected chi connectivity index (χ4v) is 4.23. The van der Waals surface area contributed by atoms with Gasteiger partial charge < -0.3 is 5.32 Å². The van der Waals surface area contributed by atoms with Crippen molar-refractivity contribution in [1.29, 1.82) is 0 Å². The van der Waals surface area contributed by atoms with Gasteiger partial charge >= 0.3 is 0 Å². The van der Waals surface area contributed by atoms with E-state index in [1.807, 2.05) is 0 Å². The number of hydrogen-bond donors (Lipinski definition) is 1. The third-order valence-electron chi connectivity index (χ3n) is 5.34. The van der Waals surface area contributed by atoms with E-state index in [1.165, 1.54) is 50.5 Å². The van der Waals surface area contributed by atoms with Crippen LogP contribution in [0.1, 0.15) is 63.5 Å². The van der Waals surface area contributed by atoms with Crippen molar-refractivity contribution in [2.45, 2.75) is 64.0 Å². The molecule has 2 fully saturated rings. The largest absolute Gasteiger partial charge is 0.307 e. The molecular weight excluding hydrogens is 298 g/mol. The predicted molar refractivity (Wildman–Crippen MR) is 84.2 cm³/mol. The average molecular weight is 322 g/mol. The molecule has 1 unspecified atom stereocenters. The first kappa shape index (κ1) is 13.6. The molecule has 1 aromatic carbocycles. The van der Waals surface area contributed by atoms with Gasteiger partial charge in [-0.2, -0.15) is 0 Å². The monoisotopic (exact) mass is 321 g/mol. The summed E-state index contributed by atoms with van der Waals surface area (Å²) in [4.78, 5) is 0. The first-order valence-electron chi connectivity index (χ1n) is 7.71. The Morgan fingerprint density at radius 3 is 2.37 bits per heavy atom. The van der Waals surface area contributed by atoms with Crippen molar-refractivity contribution >= 4 is 15.9 Å². The molecule has 0 aliphatic heterocycles. The van der Waals surface area contributed by atoms with E-state index in [0.29, 0.717) is 11.5 Å². The van der Waals surface area contributed by atoms with Gasteiger partial charge in [-0.05, 0) is 55.7 Å². The highest BCUT2D eigenvalue weighted by atomic mass is 79.9. The fourth-order valence-electron chi connectivity index (χ4n) is 3.96. The summed E-state index contributed by atoms with van der Waals surface area (Å²) in [5.41, 5.74) is 2.06. The maximum absolute atomic E-state index is 3.90. The second-order valence-electron chi connectivity index (χ2n) is 6.45. The first-order valence-corrected chi connectivity index (χ1v) is 8.50. The molecule has 1 nitrogen and oxygen atoms in total. The smallest absolute Gasteiger partial charge is 0.0294 e. The number of benzene rings is 1. The zero-order chi connectivity index (χ0) is 13.3. The van der Waals surface area contributed by atoms with Crippen molar-refractivity contribution in [3.63, 3.8) is 0 Å². The van der Waals surface area contributed by atoms with E-state index in [-0.39, 0.29) is 0 Å². The van der Waals surface area contributed by atoms with E-state index in [1.54, 1.807) is 0 Å². The van der Waals surface area contributed by atoms with Crippen LogP contribution >= 0.6 is 15.9 Å². The minimum atomic E-state index is 0.470. The van der Waals surface area contributed by atoms with Gasteiger partial charge in [0.25, 0.3) is 0 Å². The minimum Gasteiger partial charge on any atom is -0.307 e. The summed E-state index contributed by atoms with van der Waals surface area (Å²) in [6.07, 6.45) is 10.1. The van der Waals surface area contributed by atoms with Gasteiger partial charge in [0.15, 0.2) is 0 Å². The van der Waals surface area contributed by atoms with Crippen molar-refractivity contribution in [3.05, 3.63) is 34.3 Å². The van der Waals surface area contributed by atoms with Crippen LogP contribution in [0.15, 0.2) is 28.7 Å². The third-order valence-corrected chi connectivity index (χ3v) is 5.87. The maximum Gasteiger partial charge on any atom is 0.0294 e. The minimum absolute atomic E-state index is 0.470. The van der Waals surface area contributed by atoms with Crippen LogP contribution in [-0.2, 0) is 0 Å². The molecule has 2 aliphatic rings. The molecule has 2 aliphatic carbocycles. The molecule has 2 heteroatoms. The lowest BCUT2D eigenvalue weighted by Gasteiger charge is -2.53. The molecule has 1 spiro atoms. The van der Waals surface area contributed by atoms with Gasteiger partial charge in [-0.15, -0.1) is 0 Å². The van der Waals surface area contributed by atoms with Gasteiger partial charge in [0.1, 0.15) is 0 Å². The molecule has 2 atom stereocenters. The zero-order valence-corrected chi connectivity index (χ0v) is 13.4. The van der Waals surface area contributed by atoms with Gasteiger partial charge in [0, 0.05) is 16.6 Å². The van der Waals surface area contributed by atoms with Crippen molar-refractivity contribution in [1.82, 2.24) is 5.32 Å². The second kappa shape index (κ2) is 5.57. The summed E-state index contributed by atoms with van der Waals surface area (Å²) < 4.78 is 1.16. The van der Waals surface area contributed by atoms with Crippen molar-refractivity contribution in [2.75, 3.05) is 0 Å². The second-order valence-corrected chi connectivity index (χ2v) is 7.37. The van der Waals surface area contributed by atoms with Crippen LogP contribution in [0.25, 0.3) is 0 Å². The fraction of sp³-hybridized carbons (Fsp3) is 0.647. The van der Waals surface area contributed by atoms with Crippen LogP contribution in [0.2, 0.25) is 0 Å². The van der Waals surface area contributed by atoms with Gasteiger partial charge in [0.05, 0.1) is 0 Å². The Morgan fingerprint density at radius 1 is 1.11 bits per heavy atom. The van der Waals surface area contributed by atoms with Crippen molar-refractivity contribution in [2.24, 2.45) is 5.41 Å². The SMILES string of the molecule is C[C@@H](NC1CCC12CCCCC2)c1ccc(Br)cc1. The van der Waals surface area contributed by atoms with Crippen LogP contribution in [0.5, 0.6) is 0 Å². The van der Waals surface area contributed by atoms with E-state index in [4.69, 9.17) is 0 Å². The van der Waals surface area contributed by atoms with Gasteiger partial charge in [0.2, 0.25) is 0 Å². The zero-order valence-electron chi connectivity index (χ0n) is 11.8. The molecule has 0 heterocycles. The highest BCUT2D eigenvalue weighted by molar-refractivity contribution is 9.10. The molecule has 0 aromatic heterocycles. The summed E-state index contributed by atoms with van der Waals surface area (Å²) in [7, 11) is 0. The normalized spacial score (nSPS) is 26.9. The molecule has 0 radical (unpaired) electrons. The lowest BCUT2D eigenvalue weighted by molar-refractivity contribution is 0.0174. The molecule has 104 valence electrons. The van der Waals surface area contributed by atoms with Crippen LogP contribution in [0, 0.1) is 5.41 Å². The molecular formula is C17H24BrN. The molecule has 3 rings (SSSR count). The number of nitrogens with one attached hydrogen (secondary N) is 1. The van der Waals surface area contributed by atoms with Crippen molar-refractivity contribution in [3.8, 4) is 0 Å². The lowest BCUT2D eigenvalue weighted by atomic mass is 9.57. The van der Waals surface area contributed by atoms with Crippen LogP contribution in [-0.4, -0.2) is 6.04 Å². The summed E-state index contributed by atoms with van der Waals surface area (Å²) >= 11 is 3.51. The Morgan fingerprint density at radius 2 is 1.79 bits per heavy atom. The quantitative estimate of drug-likeness (QED) is 0.805. The van der Waals surface area contributed by atoms with E-state index in [2.05, 4.69) is 52.4 Å². The van der Waals surface area contributed by atoms with Crippen LogP contribution in [0.4, 0.5) is 0 Å². The number of halogens is 1. The Labute approximate surface area is 125 Å². The molecule has 1 N–H and O–H groups in total. The van der Waals surface area contributed by atoms with E-state index in [9.17, 15) is 0 Å². The highest BCUT2D eigenvalue weighted by Crippen LogP contribution is 2.52. The summed E-state index contributed by atoms with van der Waals surface area (Å²) in [5.74, 6) is 0. The van der Waals surface area contributed by atoms with Gasteiger partial charge in [-0.1, -0.05) is 47.3 Å². The molecule has 1 aromatic rings. The maximum atomic E-state index is 3.90. The predicted octanol–water partition coefficient (Wildman–Crippen LogP) is 5.21. The number of rotatable bonds is 3. The van der Waals surface area contributed by atoms with E-state index in [0.717, 1.165) is 10.5 Å². The van der Waals surface area contributed by atoms with E-state index < -0.39 is 0 Å². The van der Waals surface area contributed by atoms with Crippen LogP contribution < -0.4 is 5.32 Å². The van der Waals surface area contributed by atoms with Crippen molar-refractivity contribution < 1.29 is 0 Å². The molecule has 0 bridgehead atoms. The molecule has 19 heavy (non-hydrogen) atoms. The highest BCUT2D eigenvalue weighted by Gasteiger charge is 2.46. The Hall–Kier alpha value is -0.340. The third kappa shape index (κ3) is 2.75. The first-order chi connectivity index (χ1) is 9.20. The van der Waals surface area contributed by atoms with Crippen LogP contribution in [0.3, 0.4) is 0 Å². The van der Waals surface area contributed by atoms with Gasteiger partial charge in [-0.25, -0.2) is 0 Å². The summed E-state index contributed by atoms with van der Waals surface area (Å²) in [6.45, 7) is 2.30. The Kier molecular flexibility index (Phi) is 4.00. The topological polar surface area (TPSA) is 12.0 Å². The summed E-state index contributed by atoms with van der Waals surface area (Å²) in [5, 5.41) is 3.90. The molecule has 0 amide bonds. The molecule has 0 saturated heterocycles. The van der Waals surface area contributed by atoms with Gasteiger partial charge in [-0.3, -0.25) is 0 Å². The Balaban J connectivity index is 1.63. The lowest BCUT2D eigenvalue weighted by Crippen LogP contribution is -2.54. The standard InChI is InChI=1S/C17H24BrN/c1-13(14-5-7-15(18)8-6-14)19-16-9-12-17(16)10-3-2-4-11-17/h5-8,13,16,19H,2-4,9-12H2,1H3/t13-,16?/m1/s1. The molecule has 2 saturated carbocycles. The average Bonchev–Trinajstić information content (AvgIpc) is 2.45. The Bertz CT molecular complexity index is 419. The van der Waals surface area contributed by atoms with E-state index >= 15 is 0 Å².